The van der Waals surface area contributed by atoms with Gasteiger partial charge in [-0.3, -0.25) is 9.59 Å². The Morgan fingerprint density at radius 2 is 1.68 bits per heavy atom. The molecule has 1 rings (SSSR count). The molecule has 0 radical (unpaired) electrons. The summed E-state index contributed by atoms with van der Waals surface area (Å²) < 4.78 is 6.61. The maximum Gasteiger partial charge on any atom is 0.192 e. The molecule has 0 unspecified atom stereocenters. The van der Waals surface area contributed by atoms with Gasteiger partial charge in [0, 0.05) is 11.5 Å². The highest BCUT2D eigenvalue weighted by molar-refractivity contribution is 6.74. The summed E-state index contributed by atoms with van der Waals surface area (Å²) in [6, 6.07) is 0. The molecular weight excluding hydrogens is 328 g/mol. The smallest absolute Gasteiger partial charge is 0.192 e. The van der Waals surface area contributed by atoms with Crippen LogP contribution >= 0.6 is 0 Å². The van der Waals surface area contributed by atoms with Crippen molar-refractivity contribution in [3.63, 3.8) is 0 Å². The fourth-order valence-corrected chi connectivity index (χ4v) is 4.62. The first-order valence-electron chi connectivity index (χ1n) is 9.19. The van der Waals surface area contributed by atoms with Gasteiger partial charge in [-0.15, -0.1) is 0 Å². The van der Waals surface area contributed by atoms with E-state index in [1.807, 2.05) is 6.92 Å². The Morgan fingerprint density at radius 3 is 2.16 bits per heavy atom. The number of rotatable bonds is 6. The summed E-state index contributed by atoms with van der Waals surface area (Å²) >= 11 is 0. The average molecular weight is 365 g/mol. The lowest BCUT2D eigenvalue weighted by Crippen LogP contribution is -2.43. The van der Waals surface area contributed by atoms with Crippen LogP contribution in [0.3, 0.4) is 0 Å². The largest absolute Gasteiger partial charge is 0.414 e. The number of allylic oxidation sites excluding steroid dienone is 4. The van der Waals surface area contributed by atoms with E-state index in [-0.39, 0.29) is 22.3 Å². The first kappa shape index (κ1) is 22.0. The fourth-order valence-electron chi connectivity index (χ4n) is 3.26. The van der Waals surface area contributed by atoms with E-state index >= 15 is 0 Å². The van der Waals surface area contributed by atoms with Gasteiger partial charge in [0.1, 0.15) is 6.29 Å². The van der Waals surface area contributed by atoms with Gasteiger partial charge in [-0.1, -0.05) is 47.6 Å². The molecule has 0 amide bonds. The molecule has 2 atom stereocenters. The number of hydrogen-bond acceptors (Lipinski definition) is 3. The lowest BCUT2D eigenvalue weighted by molar-refractivity contribution is -0.127. The zero-order valence-corrected chi connectivity index (χ0v) is 18.5. The Kier molecular flexibility index (Phi) is 6.45. The number of carbonyl (C=O) groups excluding carboxylic acids is 2. The van der Waals surface area contributed by atoms with E-state index in [0.717, 1.165) is 24.7 Å². The minimum absolute atomic E-state index is 0.121. The van der Waals surface area contributed by atoms with Crippen LogP contribution in [0.5, 0.6) is 0 Å². The van der Waals surface area contributed by atoms with Crippen molar-refractivity contribution in [2.24, 2.45) is 10.8 Å². The van der Waals surface area contributed by atoms with Gasteiger partial charge in [0.15, 0.2) is 14.1 Å². The third kappa shape index (κ3) is 4.79. The van der Waals surface area contributed by atoms with Gasteiger partial charge in [0.05, 0.1) is 0 Å². The van der Waals surface area contributed by atoms with Gasteiger partial charge in [0.25, 0.3) is 0 Å². The molecular formula is C21H36O3Si. The summed E-state index contributed by atoms with van der Waals surface area (Å²) in [4.78, 5) is 23.5. The average Bonchev–Trinajstić information content (AvgIpc) is 2.64. The second-order valence-corrected chi connectivity index (χ2v) is 14.6. The van der Waals surface area contributed by atoms with Crippen LogP contribution in [0, 0.1) is 10.8 Å². The second-order valence-electron chi connectivity index (χ2n) is 9.87. The molecule has 0 saturated heterocycles. The van der Waals surface area contributed by atoms with Crippen LogP contribution in [0.4, 0.5) is 0 Å². The molecule has 0 aromatic heterocycles. The molecule has 0 bridgehead atoms. The standard InChI is InChI=1S/C21H36O3Si/c1-16(12-13-22)10-11-18(23)21(7)15-17(14-20(21,5)6)24-25(8,9)19(2,3)4/h10-13,17H,14-15H2,1-9H3/b11-10+,16-12+/t17-,21-/m0/s1. The van der Waals surface area contributed by atoms with Crippen LogP contribution in [0.25, 0.3) is 0 Å². The van der Waals surface area contributed by atoms with Crippen molar-refractivity contribution in [1.29, 1.82) is 0 Å². The Labute approximate surface area is 155 Å². The number of hydrogen-bond donors (Lipinski definition) is 0. The Balaban J connectivity index is 2.99. The first-order valence-corrected chi connectivity index (χ1v) is 12.1. The molecule has 1 aliphatic rings. The molecule has 1 saturated carbocycles. The SMILES string of the molecule is CC(/C=C/C(=O)[C@]1(C)C[C@@H](O[Si](C)(C)C(C)(C)C)CC1(C)C)=C\C=O. The minimum Gasteiger partial charge on any atom is -0.414 e. The molecule has 0 spiro atoms. The van der Waals surface area contributed by atoms with Crippen molar-refractivity contribution < 1.29 is 14.0 Å². The maximum atomic E-state index is 13.0. The number of aldehydes is 1. The van der Waals surface area contributed by atoms with Crippen LogP contribution in [0.2, 0.25) is 18.1 Å². The highest BCUT2D eigenvalue weighted by Crippen LogP contribution is 2.55. The van der Waals surface area contributed by atoms with Gasteiger partial charge in [-0.2, -0.15) is 0 Å². The van der Waals surface area contributed by atoms with Crippen molar-refractivity contribution in [3.8, 4) is 0 Å². The summed E-state index contributed by atoms with van der Waals surface area (Å²) in [5.41, 5.74) is 0.221. The van der Waals surface area contributed by atoms with E-state index in [0.29, 0.717) is 0 Å². The highest BCUT2D eigenvalue weighted by atomic mass is 28.4. The number of ketones is 1. The molecule has 0 N–H and O–H groups in total. The zero-order chi connectivity index (χ0) is 19.7. The van der Waals surface area contributed by atoms with E-state index in [2.05, 4.69) is 54.6 Å². The molecule has 4 heteroatoms. The Bertz CT molecular complexity index is 578. The summed E-state index contributed by atoms with van der Waals surface area (Å²) in [6.45, 7) is 19.5. The van der Waals surface area contributed by atoms with Crippen LogP contribution in [0.15, 0.2) is 23.8 Å². The van der Waals surface area contributed by atoms with Crippen molar-refractivity contribution in [3.05, 3.63) is 23.8 Å². The Morgan fingerprint density at radius 1 is 1.12 bits per heavy atom. The van der Waals surface area contributed by atoms with Gasteiger partial charge in [-0.05, 0) is 61.0 Å². The van der Waals surface area contributed by atoms with Gasteiger partial charge < -0.3 is 4.43 Å². The molecule has 142 valence electrons. The molecule has 3 nitrogen and oxygen atoms in total. The first-order chi connectivity index (χ1) is 11.2. The lowest BCUT2D eigenvalue weighted by atomic mass is 9.66. The van der Waals surface area contributed by atoms with E-state index in [1.165, 1.54) is 6.08 Å². The lowest BCUT2D eigenvalue weighted by Gasteiger charge is -2.38. The van der Waals surface area contributed by atoms with Crippen molar-refractivity contribution in [2.75, 3.05) is 0 Å². The van der Waals surface area contributed by atoms with Gasteiger partial charge in [0.2, 0.25) is 0 Å². The summed E-state index contributed by atoms with van der Waals surface area (Å²) in [7, 11) is -1.85. The molecule has 0 aliphatic heterocycles. The normalized spacial score (nSPS) is 27.7. The minimum atomic E-state index is -1.85. The third-order valence-electron chi connectivity index (χ3n) is 6.51. The van der Waals surface area contributed by atoms with Gasteiger partial charge in [-0.25, -0.2) is 0 Å². The second kappa shape index (κ2) is 7.32. The summed E-state index contributed by atoms with van der Waals surface area (Å²) in [5, 5.41) is 0.163. The highest BCUT2D eigenvalue weighted by Gasteiger charge is 2.55. The van der Waals surface area contributed by atoms with Crippen LogP contribution in [-0.4, -0.2) is 26.5 Å². The molecule has 0 heterocycles. The quantitative estimate of drug-likeness (QED) is 0.271. The van der Waals surface area contributed by atoms with Crippen LogP contribution in [-0.2, 0) is 14.0 Å². The fraction of sp³-hybridized carbons (Fsp3) is 0.714. The predicted octanol–water partition coefficient (Wildman–Crippen LogP) is 5.47. The molecule has 0 aromatic carbocycles. The summed E-state index contributed by atoms with van der Waals surface area (Å²) in [5.74, 6) is 0.123. The van der Waals surface area contributed by atoms with Crippen molar-refractivity contribution in [1.82, 2.24) is 0 Å². The van der Waals surface area contributed by atoms with E-state index in [4.69, 9.17) is 4.43 Å². The third-order valence-corrected chi connectivity index (χ3v) is 11.0. The number of carbonyl (C=O) groups is 2. The van der Waals surface area contributed by atoms with E-state index < -0.39 is 13.7 Å². The van der Waals surface area contributed by atoms with E-state index in [9.17, 15) is 9.59 Å². The maximum absolute atomic E-state index is 13.0. The molecule has 1 fully saturated rings. The topological polar surface area (TPSA) is 43.4 Å². The van der Waals surface area contributed by atoms with E-state index in [1.54, 1.807) is 12.2 Å². The predicted molar refractivity (Wildman–Crippen MR) is 107 cm³/mol. The summed E-state index contributed by atoms with van der Waals surface area (Å²) in [6.07, 6.45) is 7.37. The van der Waals surface area contributed by atoms with Gasteiger partial charge >= 0.3 is 0 Å². The van der Waals surface area contributed by atoms with Crippen LogP contribution in [0.1, 0.15) is 61.3 Å². The van der Waals surface area contributed by atoms with Crippen molar-refractivity contribution in [2.45, 2.75) is 85.5 Å². The molecule has 1 aliphatic carbocycles. The van der Waals surface area contributed by atoms with Crippen molar-refractivity contribution >= 4 is 20.4 Å². The monoisotopic (exact) mass is 364 g/mol. The molecule has 0 aromatic rings. The molecule has 25 heavy (non-hydrogen) atoms. The zero-order valence-electron chi connectivity index (χ0n) is 17.5. The van der Waals surface area contributed by atoms with Crippen LogP contribution < -0.4 is 0 Å². The Hall–Kier alpha value is -1.00.